The quantitative estimate of drug-likeness (QED) is 0.659. The van der Waals surface area contributed by atoms with Gasteiger partial charge in [0, 0.05) is 19.8 Å². The van der Waals surface area contributed by atoms with Crippen molar-refractivity contribution in [2.45, 2.75) is 24.8 Å². The molecule has 2 aromatic rings. The lowest BCUT2D eigenvalue weighted by Gasteiger charge is -2.17. The molecule has 0 fully saturated rings. The van der Waals surface area contributed by atoms with Crippen LogP contribution in [-0.4, -0.2) is 52.0 Å². The molecule has 1 amide bonds. The third kappa shape index (κ3) is 5.95. The molecule has 1 N–H and O–H groups in total. The van der Waals surface area contributed by atoms with Crippen molar-refractivity contribution < 1.29 is 27.5 Å². The average Bonchev–Trinajstić information content (AvgIpc) is 2.68. The molecule has 0 radical (unpaired) electrons. The summed E-state index contributed by atoms with van der Waals surface area (Å²) in [5.41, 5.74) is 0.486. The van der Waals surface area contributed by atoms with Gasteiger partial charge in [-0.1, -0.05) is 0 Å². The first kappa shape index (κ1) is 22.2. The zero-order valence-corrected chi connectivity index (χ0v) is 17.5. The van der Waals surface area contributed by atoms with Gasteiger partial charge in [-0.3, -0.25) is 9.52 Å². The highest BCUT2D eigenvalue weighted by molar-refractivity contribution is 7.92. The molecule has 1 atom stereocenters. The van der Waals surface area contributed by atoms with E-state index in [9.17, 15) is 18.0 Å². The van der Waals surface area contributed by atoms with Crippen LogP contribution in [0.2, 0.25) is 0 Å². The number of amides is 1. The molecule has 0 aliphatic rings. The minimum absolute atomic E-state index is 0.0838. The van der Waals surface area contributed by atoms with Crippen LogP contribution in [0.15, 0.2) is 53.4 Å². The number of likely N-dealkylation sites (N-methyl/N-ethyl adjacent to an activating group) is 1. The van der Waals surface area contributed by atoms with Crippen molar-refractivity contribution in [2.24, 2.45) is 0 Å². The summed E-state index contributed by atoms with van der Waals surface area (Å²) in [6.45, 7) is 3.81. The highest BCUT2D eigenvalue weighted by Crippen LogP contribution is 2.20. The number of carbonyl (C=O) groups is 2. The Morgan fingerprint density at radius 3 is 2.14 bits per heavy atom. The molecule has 0 spiro atoms. The smallest absolute Gasteiger partial charge is 0.338 e. The van der Waals surface area contributed by atoms with E-state index >= 15 is 0 Å². The van der Waals surface area contributed by atoms with E-state index in [-0.39, 0.29) is 22.1 Å². The summed E-state index contributed by atoms with van der Waals surface area (Å²) in [6, 6.07) is 11.8. The van der Waals surface area contributed by atoms with Gasteiger partial charge >= 0.3 is 5.97 Å². The van der Waals surface area contributed by atoms with Gasteiger partial charge in [0.1, 0.15) is 5.75 Å². The summed E-state index contributed by atoms with van der Waals surface area (Å²) in [4.78, 5) is 25.3. The number of carbonyl (C=O) groups excluding carboxylic acids is 2. The Morgan fingerprint density at radius 1 is 1.03 bits per heavy atom. The molecule has 0 aliphatic heterocycles. The number of benzene rings is 2. The summed E-state index contributed by atoms with van der Waals surface area (Å²) in [5.74, 6) is -0.428. The monoisotopic (exact) mass is 420 g/mol. The maximum Gasteiger partial charge on any atom is 0.338 e. The van der Waals surface area contributed by atoms with Gasteiger partial charge in [0.05, 0.1) is 17.1 Å². The fourth-order valence-electron chi connectivity index (χ4n) is 2.41. The van der Waals surface area contributed by atoms with E-state index in [0.717, 1.165) is 0 Å². The fraction of sp³-hybridized carbons (Fsp3) is 0.300. The molecule has 29 heavy (non-hydrogen) atoms. The zero-order valence-electron chi connectivity index (χ0n) is 16.7. The number of anilines is 1. The first-order valence-corrected chi connectivity index (χ1v) is 10.4. The average molecular weight is 420 g/mol. The summed E-state index contributed by atoms with van der Waals surface area (Å²) in [6.07, 6.45) is -0.921. The number of ether oxygens (including phenoxy) is 2. The summed E-state index contributed by atoms with van der Waals surface area (Å²) in [7, 11) is -0.655. The minimum Gasteiger partial charge on any atom is -0.494 e. The topological polar surface area (TPSA) is 102 Å². The van der Waals surface area contributed by atoms with Gasteiger partial charge in [-0.25, -0.2) is 13.2 Å². The molecule has 2 rings (SSSR count). The second kappa shape index (κ2) is 9.42. The maximum absolute atomic E-state index is 12.5. The van der Waals surface area contributed by atoms with Crippen LogP contribution in [0.25, 0.3) is 0 Å². The summed E-state index contributed by atoms with van der Waals surface area (Å²) >= 11 is 0. The fourth-order valence-corrected chi connectivity index (χ4v) is 3.47. The van der Waals surface area contributed by atoms with E-state index in [1.165, 1.54) is 48.2 Å². The molecule has 0 aromatic heterocycles. The first-order valence-electron chi connectivity index (χ1n) is 8.92. The van der Waals surface area contributed by atoms with Crippen LogP contribution in [0, 0.1) is 0 Å². The third-order valence-corrected chi connectivity index (χ3v) is 5.29. The number of nitrogens with one attached hydrogen (secondary N) is 1. The Labute approximate surface area is 170 Å². The summed E-state index contributed by atoms with van der Waals surface area (Å²) in [5, 5.41) is 0. The van der Waals surface area contributed by atoms with Crippen LogP contribution in [0.3, 0.4) is 0 Å². The predicted octanol–water partition coefficient (Wildman–Crippen LogP) is 2.52. The van der Waals surface area contributed by atoms with Crippen molar-refractivity contribution >= 4 is 27.6 Å². The summed E-state index contributed by atoms with van der Waals surface area (Å²) < 4.78 is 37.8. The molecular weight excluding hydrogens is 396 g/mol. The number of hydrogen-bond donors (Lipinski definition) is 1. The van der Waals surface area contributed by atoms with Crippen LogP contribution in [0.1, 0.15) is 24.2 Å². The van der Waals surface area contributed by atoms with Gasteiger partial charge in [-0.2, -0.15) is 0 Å². The minimum atomic E-state index is -3.79. The molecule has 0 bridgehead atoms. The second-order valence-electron chi connectivity index (χ2n) is 6.37. The van der Waals surface area contributed by atoms with Gasteiger partial charge < -0.3 is 14.4 Å². The van der Waals surface area contributed by atoms with Gasteiger partial charge in [0.2, 0.25) is 0 Å². The van der Waals surface area contributed by atoms with Crippen molar-refractivity contribution in [3.8, 4) is 5.75 Å². The van der Waals surface area contributed by atoms with Crippen LogP contribution in [0.4, 0.5) is 5.69 Å². The van der Waals surface area contributed by atoms with E-state index in [0.29, 0.717) is 12.4 Å². The van der Waals surface area contributed by atoms with Crippen LogP contribution in [0.5, 0.6) is 5.75 Å². The van der Waals surface area contributed by atoms with Gasteiger partial charge in [0.15, 0.2) is 6.10 Å². The first-order chi connectivity index (χ1) is 13.6. The molecule has 0 saturated heterocycles. The number of sulfonamides is 1. The van der Waals surface area contributed by atoms with Crippen molar-refractivity contribution in [1.29, 1.82) is 0 Å². The highest BCUT2D eigenvalue weighted by Gasteiger charge is 2.20. The van der Waals surface area contributed by atoms with E-state index in [1.54, 1.807) is 26.2 Å². The van der Waals surface area contributed by atoms with Gasteiger partial charge in [-0.15, -0.1) is 0 Å². The SMILES string of the molecule is CCOc1ccc(S(=O)(=O)Nc2ccc(C(=O)O[C@@H](C)C(=O)N(C)C)cc2)cc1. The van der Waals surface area contributed by atoms with Gasteiger partial charge in [0.25, 0.3) is 15.9 Å². The zero-order chi connectivity index (χ0) is 21.6. The van der Waals surface area contributed by atoms with Gasteiger partial charge in [-0.05, 0) is 62.4 Å². The molecule has 2 aromatic carbocycles. The normalized spacial score (nSPS) is 12.0. The van der Waals surface area contributed by atoms with E-state index in [2.05, 4.69) is 4.72 Å². The third-order valence-electron chi connectivity index (χ3n) is 3.89. The van der Waals surface area contributed by atoms with Crippen LogP contribution < -0.4 is 9.46 Å². The Hall–Kier alpha value is -3.07. The Balaban J connectivity index is 2.06. The molecule has 0 heterocycles. The molecule has 9 heteroatoms. The Bertz CT molecular complexity index is 953. The lowest BCUT2D eigenvalue weighted by Crippen LogP contribution is -2.34. The van der Waals surface area contributed by atoms with E-state index < -0.39 is 22.1 Å². The lowest BCUT2D eigenvalue weighted by molar-refractivity contribution is -0.137. The lowest BCUT2D eigenvalue weighted by atomic mass is 10.2. The van der Waals surface area contributed by atoms with Crippen molar-refractivity contribution in [3.63, 3.8) is 0 Å². The molecule has 0 saturated carbocycles. The molecule has 0 unspecified atom stereocenters. The largest absolute Gasteiger partial charge is 0.494 e. The second-order valence-corrected chi connectivity index (χ2v) is 8.05. The number of hydrogen-bond acceptors (Lipinski definition) is 6. The van der Waals surface area contributed by atoms with Crippen LogP contribution >= 0.6 is 0 Å². The number of nitrogens with zero attached hydrogens (tertiary/aromatic N) is 1. The highest BCUT2D eigenvalue weighted by atomic mass is 32.2. The van der Waals surface area contributed by atoms with Crippen molar-refractivity contribution in [2.75, 3.05) is 25.4 Å². The molecular formula is C20H24N2O6S. The Kier molecular flexibility index (Phi) is 7.22. The maximum atomic E-state index is 12.5. The van der Waals surface area contributed by atoms with E-state index in [1.807, 2.05) is 6.92 Å². The van der Waals surface area contributed by atoms with Crippen molar-refractivity contribution in [3.05, 3.63) is 54.1 Å². The number of esters is 1. The van der Waals surface area contributed by atoms with Crippen LogP contribution in [-0.2, 0) is 19.6 Å². The van der Waals surface area contributed by atoms with E-state index in [4.69, 9.17) is 9.47 Å². The molecule has 156 valence electrons. The predicted molar refractivity (Wildman–Crippen MR) is 108 cm³/mol. The van der Waals surface area contributed by atoms with Crippen molar-refractivity contribution in [1.82, 2.24) is 4.90 Å². The Morgan fingerprint density at radius 2 is 1.62 bits per heavy atom. The number of rotatable bonds is 8. The molecule has 0 aliphatic carbocycles. The standard InChI is InChI=1S/C20H24N2O6S/c1-5-27-17-10-12-18(13-11-17)29(25,26)21-16-8-6-15(7-9-16)20(24)28-14(2)19(23)22(3)4/h6-14,21H,5H2,1-4H3/t14-/m0/s1. The molecule has 8 nitrogen and oxygen atoms in total.